The van der Waals surface area contributed by atoms with Crippen molar-refractivity contribution >= 4 is 15.9 Å². The van der Waals surface area contributed by atoms with Crippen LogP contribution in [0.1, 0.15) is 32.1 Å². The third-order valence-corrected chi connectivity index (χ3v) is 4.09. The Kier molecular flexibility index (Phi) is 2.75. The van der Waals surface area contributed by atoms with E-state index in [1.807, 2.05) is 0 Å². The second kappa shape index (κ2) is 3.67. The maximum Gasteiger partial charge on any atom is 0.0159 e. The lowest BCUT2D eigenvalue weighted by atomic mass is 9.63. The molecule has 0 atom stereocenters. The van der Waals surface area contributed by atoms with Crippen LogP contribution in [0, 0.1) is 5.41 Å². The monoisotopic (exact) mass is 231 g/mol. The lowest BCUT2D eigenvalue weighted by molar-refractivity contribution is 0.0361. The third-order valence-electron chi connectivity index (χ3n) is 3.73. The molecular weight excluding hydrogens is 214 g/mol. The molecule has 0 aromatic heterocycles. The highest BCUT2D eigenvalue weighted by atomic mass is 79.9. The van der Waals surface area contributed by atoms with E-state index in [0.717, 1.165) is 10.7 Å². The first-order chi connectivity index (χ1) is 5.85. The quantitative estimate of drug-likeness (QED) is 0.661. The van der Waals surface area contributed by atoms with Crippen molar-refractivity contribution in [2.45, 2.75) is 32.1 Å². The van der Waals surface area contributed by atoms with Crippen LogP contribution in [0.2, 0.25) is 0 Å². The number of rotatable bonds is 2. The van der Waals surface area contributed by atoms with Crippen LogP contribution < -0.4 is 0 Å². The first-order valence-electron chi connectivity index (χ1n) is 5.13. The molecule has 0 bridgehead atoms. The number of hydrogen-bond donors (Lipinski definition) is 0. The van der Waals surface area contributed by atoms with Gasteiger partial charge in [-0.2, -0.15) is 0 Å². The number of piperidine rings is 1. The van der Waals surface area contributed by atoms with Gasteiger partial charge in [-0.25, -0.2) is 0 Å². The molecule has 0 aromatic carbocycles. The van der Waals surface area contributed by atoms with Gasteiger partial charge >= 0.3 is 0 Å². The standard InChI is InChI=1S/C10H18BrN/c11-6-9-12-7-4-10(5-8-12)2-1-3-10/h1-9H2. The number of halogens is 1. The van der Waals surface area contributed by atoms with E-state index in [1.54, 1.807) is 0 Å². The van der Waals surface area contributed by atoms with Gasteiger partial charge in [-0.15, -0.1) is 0 Å². The molecule has 1 saturated carbocycles. The normalized spacial score (nSPS) is 28.8. The van der Waals surface area contributed by atoms with Crippen LogP contribution in [0.15, 0.2) is 0 Å². The lowest BCUT2D eigenvalue weighted by Crippen LogP contribution is -2.44. The maximum absolute atomic E-state index is 3.50. The minimum Gasteiger partial charge on any atom is -0.302 e. The molecule has 1 aliphatic heterocycles. The summed E-state index contributed by atoms with van der Waals surface area (Å²) in [5.74, 6) is 0. The molecule has 1 saturated heterocycles. The molecule has 1 nitrogen and oxygen atoms in total. The smallest absolute Gasteiger partial charge is 0.0159 e. The van der Waals surface area contributed by atoms with Gasteiger partial charge in [0.15, 0.2) is 0 Å². The second-order valence-electron chi connectivity index (χ2n) is 4.38. The summed E-state index contributed by atoms with van der Waals surface area (Å²) in [6, 6.07) is 0. The zero-order valence-corrected chi connectivity index (χ0v) is 9.28. The number of nitrogens with zero attached hydrogens (tertiary/aromatic N) is 1. The Bertz CT molecular complexity index is 144. The Morgan fingerprint density at radius 3 is 2.17 bits per heavy atom. The van der Waals surface area contributed by atoms with Crippen molar-refractivity contribution < 1.29 is 0 Å². The van der Waals surface area contributed by atoms with E-state index >= 15 is 0 Å². The molecule has 2 rings (SSSR count). The average Bonchev–Trinajstić information content (AvgIpc) is 2.04. The van der Waals surface area contributed by atoms with Crippen molar-refractivity contribution in [3.63, 3.8) is 0 Å². The SMILES string of the molecule is BrCCN1CCC2(CCC2)CC1. The molecule has 1 heterocycles. The maximum atomic E-state index is 3.50. The van der Waals surface area contributed by atoms with Crippen LogP contribution in [0.4, 0.5) is 0 Å². The van der Waals surface area contributed by atoms with Crippen LogP contribution in [0.3, 0.4) is 0 Å². The Morgan fingerprint density at radius 1 is 1.08 bits per heavy atom. The Balaban J connectivity index is 1.77. The highest BCUT2D eigenvalue weighted by molar-refractivity contribution is 9.09. The summed E-state index contributed by atoms with van der Waals surface area (Å²) in [6.45, 7) is 3.95. The van der Waals surface area contributed by atoms with Gasteiger partial charge in [0, 0.05) is 11.9 Å². The zero-order valence-electron chi connectivity index (χ0n) is 7.69. The molecule has 2 heteroatoms. The molecule has 2 aliphatic rings. The lowest BCUT2D eigenvalue weighted by Gasteiger charge is -2.48. The van der Waals surface area contributed by atoms with Crippen molar-refractivity contribution in [3.8, 4) is 0 Å². The van der Waals surface area contributed by atoms with Gasteiger partial charge in [0.2, 0.25) is 0 Å². The zero-order chi connectivity index (χ0) is 8.44. The van der Waals surface area contributed by atoms with E-state index in [-0.39, 0.29) is 0 Å². The summed E-state index contributed by atoms with van der Waals surface area (Å²) >= 11 is 3.50. The second-order valence-corrected chi connectivity index (χ2v) is 5.18. The molecule has 70 valence electrons. The molecule has 0 radical (unpaired) electrons. The van der Waals surface area contributed by atoms with Gasteiger partial charge in [0.05, 0.1) is 0 Å². The fourth-order valence-corrected chi connectivity index (χ4v) is 3.05. The molecule has 1 aliphatic carbocycles. The molecule has 0 amide bonds. The average molecular weight is 232 g/mol. The molecular formula is C10H18BrN. The van der Waals surface area contributed by atoms with Crippen LogP contribution in [-0.4, -0.2) is 29.9 Å². The summed E-state index contributed by atoms with van der Waals surface area (Å²) in [5.41, 5.74) is 0.822. The van der Waals surface area contributed by atoms with Gasteiger partial charge < -0.3 is 4.90 Å². The van der Waals surface area contributed by atoms with Gasteiger partial charge in [0.25, 0.3) is 0 Å². The Hall–Kier alpha value is 0.440. The predicted octanol–water partition coefficient (Wildman–Crippen LogP) is 2.65. The van der Waals surface area contributed by atoms with Crippen LogP contribution in [0.5, 0.6) is 0 Å². The largest absolute Gasteiger partial charge is 0.302 e. The highest BCUT2D eigenvalue weighted by Crippen LogP contribution is 2.48. The molecule has 2 fully saturated rings. The predicted molar refractivity (Wildman–Crippen MR) is 55.8 cm³/mol. The van der Waals surface area contributed by atoms with Crippen molar-refractivity contribution in [1.82, 2.24) is 4.90 Å². The van der Waals surface area contributed by atoms with Gasteiger partial charge in [-0.05, 0) is 44.2 Å². The van der Waals surface area contributed by atoms with E-state index in [2.05, 4.69) is 20.8 Å². The van der Waals surface area contributed by atoms with E-state index < -0.39 is 0 Å². The van der Waals surface area contributed by atoms with E-state index in [4.69, 9.17) is 0 Å². The van der Waals surface area contributed by atoms with E-state index in [0.29, 0.717) is 0 Å². The molecule has 1 spiro atoms. The topological polar surface area (TPSA) is 3.24 Å². The number of hydrogen-bond acceptors (Lipinski definition) is 1. The first-order valence-corrected chi connectivity index (χ1v) is 6.25. The minimum absolute atomic E-state index is 0.822. The van der Waals surface area contributed by atoms with E-state index in [1.165, 1.54) is 51.7 Å². The van der Waals surface area contributed by atoms with E-state index in [9.17, 15) is 0 Å². The Labute approximate surface area is 83.6 Å². The Morgan fingerprint density at radius 2 is 1.75 bits per heavy atom. The first kappa shape index (κ1) is 9.01. The molecule has 12 heavy (non-hydrogen) atoms. The number of alkyl halides is 1. The van der Waals surface area contributed by atoms with Crippen LogP contribution >= 0.6 is 15.9 Å². The fourth-order valence-electron chi connectivity index (χ4n) is 2.55. The summed E-state index contributed by atoms with van der Waals surface area (Å²) in [4.78, 5) is 2.60. The van der Waals surface area contributed by atoms with Gasteiger partial charge in [-0.3, -0.25) is 0 Å². The van der Waals surface area contributed by atoms with Crippen molar-refractivity contribution in [2.75, 3.05) is 25.0 Å². The molecule has 0 aromatic rings. The van der Waals surface area contributed by atoms with Crippen molar-refractivity contribution in [3.05, 3.63) is 0 Å². The van der Waals surface area contributed by atoms with Crippen LogP contribution in [0.25, 0.3) is 0 Å². The molecule has 0 N–H and O–H groups in total. The van der Waals surface area contributed by atoms with Crippen molar-refractivity contribution in [2.24, 2.45) is 5.41 Å². The summed E-state index contributed by atoms with van der Waals surface area (Å²) in [5, 5.41) is 1.14. The summed E-state index contributed by atoms with van der Waals surface area (Å²) in [7, 11) is 0. The number of likely N-dealkylation sites (tertiary alicyclic amines) is 1. The third kappa shape index (κ3) is 1.69. The summed E-state index contributed by atoms with van der Waals surface area (Å²) < 4.78 is 0. The van der Waals surface area contributed by atoms with Gasteiger partial charge in [-0.1, -0.05) is 22.4 Å². The minimum atomic E-state index is 0.822. The highest BCUT2D eigenvalue weighted by Gasteiger charge is 2.39. The summed E-state index contributed by atoms with van der Waals surface area (Å²) in [6.07, 6.45) is 7.49. The van der Waals surface area contributed by atoms with Crippen molar-refractivity contribution in [1.29, 1.82) is 0 Å². The van der Waals surface area contributed by atoms with Crippen LogP contribution in [-0.2, 0) is 0 Å². The molecule has 0 unspecified atom stereocenters. The fraction of sp³-hybridized carbons (Fsp3) is 1.00. The van der Waals surface area contributed by atoms with Gasteiger partial charge in [0.1, 0.15) is 0 Å².